The van der Waals surface area contributed by atoms with Crippen molar-refractivity contribution in [3.8, 4) is 11.8 Å². The molecule has 134 valence electrons. The van der Waals surface area contributed by atoms with Gasteiger partial charge in [0, 0.05) is 23.3 Å². The van der Waals surface area contributed by atoms with Crippen molar-refractivity contribution >= 4 is 66.4 Å². The van der Waals surface area contributed by atoms with Gasteiger partial charge < -0.3 is 14.6 Å². The lowest BCUT2D eigenvalue weighted by Crippen LogP contribution is -1.95. The molecule has 0 radical (unpaired) electrons. The summed E-state index contributed by atoms with van der Waals surface area (Å²) in [7, 11) is 3.09. The van der Waals surface area contributed by atoms with Gasteiger partial charge in [-0.2, -0.15) is 0 Å². The van der Waals surface area contributed by atoms with Crippen LogP contribution in [0.2, 0.25) is 0 Å². The van der Waals surface area contributed by atoms with Crippen molar-refractivity contribution in [1.82, 2.24) is 19.9 Å². The molecule has 12 heteroatoms. The highest BCUT2D eigenvalue weighted by Crippen LogP contribution is 2.59. The van der Waals surface area contributed by atoms with E-state index in [0.29, 0.717) is 17.3 Å². The molecule has 0 amide bonds. The van der Waals surface area contributed by atoms with E-state index in [0.717, 1.165) is 10.9 Å². The van der Waals surface area contributed by atoms with Gasteiger partial charge in [-0.15, -0.1) is 0 Å². The number of methoxy groups -OCH3 is 2. The number of ether oxygens (including phenoxy) is 2. The topological polar surface area (TPSA) is 90.3 Å². The molecule has 0 aliphatic carbocycles. The van der Waals surface area contributed by atoms with Gasteiger partial charge in [-0.25, -0.2) is 19.9 Å². The molecule has 0 aliphatic rings. The number of rotatable bonds is 4. The van der Waals surface area contributed by atoms with Crippen molar-refractivity contribution in [2.24, 2.45) is 0 Å². The summed E-state index contributed by atoms with van der Waals surface area (Å²) in [6.07, 6.45) is 6.08. The zero-order chi connectivity index (χ0) is 18.4. The van der Waals surface area contributed by atoms with Gasteiger partial charge >= 0.3 is 0 Å². The summed E-state index contributed by atoms with van der Waals surface area (Å²) in [5, 5.41) is 9.41. The van der Waals surface area contributed by atoms with E-state index in [4.69, 9.17) is 14.6 Å². The normalized spacial score (nSPS) is 9.33. The van der Waals surface area contributed by atoms with E-state index in [-0.39, 0.29) is 10.6 Å². The predicted octanol–water partition coefficient (Wildman–Crippen LogP) is 4.76. The minimum Gasteiger partial charge on any atom is -0.481 e. The highest BCUT2D eigenvalue weighted by Gasteiger charge is 2.00. The van der Waals surface area contributed by atoms with Gasteiger partial charge in [-0.05, 0) is 46.5 Å². The maximum Gasteiger partial charge on any atom is 0.221 e. The minimum atomic E-state index is -0.183. The monoisotopic (exact) mass is 610 g/mol. The average Bonchev–Trinajstić information content (AvgIpc) is 2.61. The first kappa shape index (κ1) is 24.1. The molecule has 7 nitrogen and oxygen atoms in total. The van der Waals surface area contributed by atoms with E-state index in [2.05, 4.69) is 82.3 Å². The third-order valence-electron chi connectivity index (χ3n) is 2.19. The Bertz CT molecular complexity index is 487. The molecule has 2 rings (SSSR count). The Hall–Kier alpha value is 0.0700. The summed E-state index contributed by atoms with van der Waals surface area (Å²) in [6, 6.07) is 0. The molecule has 0 bridgehead atoms. The lowest BCUT2D eigenvalue weighted by atomic mass is 10.3. The molecule has 2 aromatic heterocycles. The standard InChI is InChI=1S/C6H7BrN2O.C6H8N2O2.Br3P/c1-10-6-5(2-7)3-8-4-9-6;1-10-6-5(3-9)2-7-4-8-6;1-4(2)3/h3-4H,2H2,1H3;2,4,9H,3H2,1H3;. The zero-order valence-corrected chi connectivity index (χ0v) is 20.0. The fraction of sp³-hybridized carbons (Fsp3) is 0.333. The van der Waals surface area contributed by atoms with Crippen molar-refractivity contribution in [2.75, 3.05) is 14.2 Å². The molecule has 1 N–H and O–H groups in total. The van der Waals surface area contributed by atoms with Gasteiger partial charge in [0.05, 0.1) is 26.4 Å². The van der Waals surface area contributed by atoms with Gasteiger partial charge in [0.15, 0.2) is 0 Å². The second-order valence-electron chi connectivity index (χ2n) is 3.60. The molecule has 0 saturated heterocycles. The van der Waals surface area contributed by atoms with Crippen LogP contribution in [-0.2, 0) is 11.9 Å². The molecular weight excluding hydrogens is 599 g/mol. The largest absolute Gasteiger partial charge is 0.481 e. The van der Waals surface area contributed by atoms with Crippen molar-refractivity contribution in [3.63, 3.8) is 0 Å². The van der Waals surface area contributed by atoms with E-state index >= 15 is 0 Å². The number of aliphatic hydroxyl groups excluding tert-OH is 1. The fourth-order valence-corrected chi connectivity index (χ4v) is 1.65. The zero-order valence-electron chi connectivity index (χ0n) is 12.7. The van der Waals surface area contributed by atoms with Crippen LogP contribution < -0.4 is 9.47 Å². The second kappa shape index (κ2) is 15.3. The molecule has 0 spiro atoms. The van der Waals surface area contributed by atoms with Crippen molar-refractivity contribution < 1.29 is 14.6 Å². The van der Waals surface area contributed by atoms with Crippen LogP contribution in [0.1, 0.15) is 11.1 Å². The van der Waals surface area contributed by atoms with Gasteiger partial charge in [0.1, 0.15) is 16.7 Å². The summed E-state index contributed by atoms with van der Waals surface area (Å²) in [5.41, 5.74) is 1.56. The first-order valence-corrected chi connectivity index (χ1v) is 14.6. The van der Waals surface area contributed by atoms with Crippen LogP contribution in [0, 0.1) is 0 Å². The minimum absolute atomic E-state index is 0.0932. The summed E-state index contributed by atoms with van der Waals surface area (Å²) in [6.45, 7) is -0.0932. The summed E-state index contributed by atoms with van der Waals surface area (Å²) in [4.78, 5) is 15.2. The van der Waals surface area contributed by atoms with E-state index in [1.807, 2.05) is 0 Å². The van der Waals surface area contributed by atoms with E-state index in [9.17, 15) is 0 Å². The van der Waals surface area contributed by atoms with Crippen molar-refractivity contribution in [2.45, 2.75) is 11.9 Å². The quantitative estimate of drug-likeness (QED) is 0.393. The van der Waals surface area contributed by atoms with Gasteiger partial charge in [-0.3, -0.25) is 0 Å². The predicted molar refractivity (Wildman–Crippen MR) is 109 cm³/mol. The third kappa shape index (κ3) is 10.8. The molecule has 0 atom stereocenters. The number of alkyl halides is 1. The maximum absolute atomic E-state index is 8.69. The Kier molecular flexibility index (Phi) is 15.4. The fourth-order valence-electron chi connectivity index (χ4n) is 1.26. The van der Waals surface area contributed by atoms with Crippen LogP contribution in [-0.4, -0.2) is 39.3 Å². The highest BCUT2D eigenvalue weighted by atomic mass is 80.0. The van der Waals surface area contributed by atoms with E-state index < -0.39 is 0 Å². The average molecular weight is 614 g/mol. The van der Waals surface area contributed by atoms with Crippen LogP contribution in [0.4, 0.5) is 0 Å². The number of aliphatic hydroxyl groups is 1. The number of halogens is 4. The number of hydrogen-bond donors (Lipinski definition) is 1. The summed E-state index contributed by atoms with van der Waals surface area (Å²) < 4.78 is 9.60. The van der Waals surface area contributed by atoms with Crippen LogP contribution in [0.15, 0.2) is 25.0 Å². The van der Waals surface area contributed by atoms with E-state index in [1.54, 1.807) is 13.3 Å². The molecule has 2 heterocycles. The summed E-state index contributed by atoms with van der Waals surface area (Å²) in [5.74, 6) is 1.06. The van der Waals surface area contributed by atoms with Crippen LogP contribution in [0.25, 0.3) is 0 Å². The van der Waals surface area contributed by atoms with Crippen molar-refractivity contribution in [1.29, 1.82) is 0 Å². The molecule has 0 saturated carbocycles. The lowest BCUT2D eigenvalue weighted by molar-refractivity contribution is 0.270. The number of nitrogens with zero attached hydrogens (tertiary/aromatic N) is 4. The lowest BCUT2D eigenvalue weighted by Gasteiger charge is -2.00. The Labute approximate surface area is 174 Å². The molecule has 0 fully saturated rings. The molecule has 24 heavy (non-hydrogen) atoms. The molecule has 0 aliphatic heterocycles. The van der Waals surface area contributed by atoms with Gasteiger partial charge in [-0.1, -0.05) is 15.9 Å². The SMILES string of the molecule is BrP(Br)Br.COc1ncncc1CBr.COc1ncncc1CO. The second-order valence-corrected chi connectivity index (χ2v) is 19.5. The van der Waals surface area contributed by atoms with Gasteiger partial charge in [0.25, 0.3) is 0 Å². The Morgan fingerprint density at radius 1 is 0.958 bits per heavy atom. The third-order valence-corrected chi connectivity index (χ3v) is 2.80. The molecule has 2 aromatic rings. The Morgan fingerprint density at radius 3 is 1.67 bits per heavy atom. The summed E-state index contributed by atoms with van der Waals surface area (Å²) >= 11 is 12.8. The molecule has 0 aromatic carbocycles. The maximum atomic E-state index is 8.69. The molecular formula is C12H15Br4N4O3P. The molecule has 0 unspecified atom stereocenters. The number of aromatic nitrogens is 4. The van der Waals surface area contributed by atoms with Crippen LogP contribution in [0.5, 0.6) is 11.8 Å². The van der Waals surface area contributed by atoms with Gasteiger partial charge in [0.2, 0.25) is 11.8 Å². The Balaban J connectivity index is 0.000000363. The van der Waals surface area contributed by atoms with Crippen LogP contribution in [0.3, 0.4) is 0 Å². The smallest absolute Gasteiger partial charge is 0.221 e. The first-order chi connectivity index (χ1) is 11.5. The Morgan fingerprint density at radius 2 is 1.38 bits per heavy atom. The first-order valence-electron chi connectivity index (χ1n) is 6.10. The van der Waals surface area contributed by atoms with Crippen LogP contribution >= 0.6 is 66.4 Å². The number of hydrogen-bond acceptors (Lipinski definition) is 7. The van der Waals surface area contributed by atoms with Crippen molar-refractivity contribution in [3.05, 3.63) is 36.2 Å². The van der Waals surface area contributed by atoms with E-state index in [1.165, 1.54) is 26.0 Å². The highest BCUT2D eigenvalue weighted by molar-refractivity contribution is 9.93.